The van der Waals surface area contributed by atoms with Gasteiger partial charge in [0.25, 0.3) is 0 Å². The fourth-order valence-electron chi connectivity index (χ4n) is 1.24. The second-order valence-electron chi connectivity index (χ2n) is 4.13. The van der Waals surface area contributed by atoms with E-state index in [2.05, 4.69) is 0 Å². The second kappa shape index (κ2) is 7.30. The predicted octanol–water partition coefficient (Wildman–Crippen LogP) is -0.175. The summed E-state index contributed by atoms with van der Waals surface area (Å²) in [6.07, 6.45) is -0.946. The van der Waals surface area contributed by atoms with E-state index in [0.717, 1.165) is 0 Å². The van der Waals surface area contributed by atoms with Crippen LogP contribution in [-0.2, 0) is 9.59 Å². The van der Waals surface area contributed by atoms with Gasteiger partial charge < -0.3 is 25.5 Å². The number of carboxylic acids is 2. The Morgan fingerprint density at radius 1 is 0.944 bits per heavy atom. The molecule has 0 aromatic rings. The van der Waals surface area contributed by atoms with Crippen molar-refractivity contribution in [3.8, 4) is 0 Å². The van der Waals surface area contributed by atoms with Crippen molar-refractivity contribution in [1.82, 2.24) is 0 Å². The standard InChI is InChI=1S/C8H14O6.C3H8O/c1-3-7(13,5(9)10)8(14,4-2)6(11)12;1-3(2)4/h13-14H,3-4H2,1-2H3,(H,9,10)(H,11,12);3-4H,1-2H3. The molecular formula is C11H22O7. The molecule has 0 heterocycles. The first-order valence-corrected chi connectivity index (χ1v) is 5.59. The van der Waals surface area contributed by atoms with Gasteiger partial charge in [-0.1, -0.05) is 13.8 Å². The number of aliphatic hydroxyl groups is 3. The molecule has 7 heteroatoms. The first-order valence-electron chi connectivity index (χ1n) is 5.59. The number of carboxylic acid groups (broad SMARTS) is 2. The van der Waals surface area contributed by atoms with E-state index in [1.165, 1.54) is 13.8 Å². The topological polar surface area (TPSA) is 135 Å². The van der Waals surface area contributed by atoms with E-state index in [0.29, 0.717) is 0 Å². The highest BCUT2D eigenvalue weighted by Gasteiger charge is 2.58. The van der Waals surface area contributed by atoms with Crippen LogP contribution in [0.2, 0.25) is 0 Å². The van der Waals surface area contributed by atoms with Crippen LogP contribution in [0.25, 0.3) is 0 Å². The van der Waals surface area contributed by atoms with Crippen molar-refractivity contribution in [3.05, 3.63) is 0 Å². The lowest BCUT2D eigenvalue weighted by Crippen LogP contribution is -2.63. The molecule has 0 amide bonds. The maximum atomic E-state index is 10.7. The van der Waals surface area contributed by atoms with Gasteiger partial charge in [-0.3, -0.25) is 0 Å². The smallest absolute Gasteiger partial charge is 0.339 e. The van der Waals surface area contributed by atoms with E-state index in [4.69, 9.17) is 15.3 Å². The molecule has 0 aliphatic carbocycles. The second-order valence-corrected chi connectivity index (χ2v) is 4.13. The van der Waals surface area contributed by atoms with Crippen molar-refractivity contribution in [3.63, 3.8) is 0 Å². The van der Waals surface area contributed by atoms with Gasteiger partial charge in [0, 0.05) is 6.10 Å². The van der Waals surface area contributed by atoms with Crippen molar-refractivity contribution < 1.29 is 35.1 Å². The zero-order valence-corrected chi connectivity index (χ0v) is 11.0. The van der Waals surface area contributed by atoms with E-state index in [9.17, 15) is 19.8 Å². The summed E-state index contributed by atoms with van der Waals surface area (Å²) < 4.78 is 0. The van der Waals surface area contributed by atoms with Crippen LogP contribution >= 0.6 is 0 Å². The average Bonchev–Trinajstić information content (AvgIpc) is 2.25. The lowest BCUT2D eigenvalue weighted by atomic mass is 9.79. The highest BCUT2D eigenvalue weighted by molar-refractivity contribution is 5.90. The van der Waals surface area contributed by atoms with Crippen LogP contribution in [-0.4, -0.2) is 54.8 Å². The number of hydrogen-bond acceptors (Lipinski definition) is 5. The van der Waals surface area contributed by atoms with Gasteiger partial charge >= 0.3 is 11.9 Å². The van der Waals surface area contributed by atoms with Crippen LogP contribution in [0.3, 0.4) is 0 Å². The Hall–Kier alpha value is -1.18. The third kappa shape index (κ3) is 4.25. The number of rotatable bonds is 5. The van der Waals surface area contributed by atoms with Gasteiger partial charge in [-0.25, -0.2) is 9.59 Å². The van der Waals surface area contributed by atoms with Gasteiger partial charge in [-0.15, -0.1) is 0 Å². The van der Waals surface area contributed by atoms with Crippen molar-refractivity contribution in [1.29, 1.82) is 0 Å². The van der Waals surface area contributed by atoms with E-state index in [-0.39, 0.29) is 18.9 Å². The number of carbonyl (C=O) groups is 2. The quantitative estimate of drug-likeness (QED) is 0.466. The van der Waals surface area contributed by atoms with Gasteiger partial charge in [-0.2, -0.15) is 0 Å². The van der Waals surface area contributed by atoms with Crippen LogP contribution in [0, 0.1) is 0 Å². The Balaban J connectivity index is 0. The number of hydrogen-bond donors (Lipinski definition) is 5. The van der Waals surface area contributed by atoms with Crippen LogP contribution in [0.5, 0.6) is 0 Å². The van der Waals surface area contributed by atoms with E-state index in [1.807, 2.05) is 0 Å². The lowest BCUT2D eigenvalue weighted by molar-refractivity contribution is -0.208. The summed E-state index contributed by atoms with van der Waals surface area (Å²) in [5.74, 6) is -3.49. The Kier molecular flexibility index (Phi) is 7.77. The van der Waals surface area contributed by atoms with Crippen molar-refractivity contribution >= 4 is 11.9 Å². The average molecular weight is 266 g/mol. The molecule has 0 aliphatic heterocycles. The van der Waals surface area contributed by atoms with Gasteiger partial charge in [0.15, 0.2) is 0 Å². The van der Waals surface area contributed by atoms with Crippen LogP contribution in [0.1, 0.15) is 40.5 Å². The molecule has 18 heavy (non-hydrogen) atoms. The van der Waals surface area contributed by atoms with Crippen molar-refractivity contribution in [2.75, 3.05) is 0 Å². The molecule has 5 N–H and O–H groups in total. The molecule has 0 aromatic heterocycles. The van der Waals surface area contributed by atoms with Crippen LogP contribution in [0.4, 0.5) is 0 Å². The molecule has 7 nitrogen and oxygen atoms in total. The Labute approximate surface area is 106 Å². The number of aliphatic carboxylic acids is 2. The van der Waals surface area contributed by atoms with E-state index in [1.54, 1.807) is 13.8 Å². The zero-order valence-electron chi connectivity index (χ0n) is 11.0. The summed E-state index contributed by atoms with van der Waals surface area (Å²) in [4.78, 5) is 21.4. The Bertz CT molecular complexity index is 260. The normalized spacial score (nSPS) is 17.1. The van der Waals surface area contributed by atoms with Gasteiger partial charge in [0.1, 0.15) is 0 Å². The molecule has 0 spiro atoms. The molecule has 0 aliphatic rings. The molecule has 2 unspecified atom stereocenters. The predicted molar refractivity (Wildman–Crippen MR) is 63.1 cm³/mol. The first kappa shape index (κ1) is 19.2. The van der Waals surface area contributed by atoms with Gasteiger partial charge in [0.2, 0.25) is 11.2 Å². The minimum Gasteiger partial charge on any atom is -0.479 e. The highest BCUT2D eigenvalue weighted by Crippen LogP contribution is 2.29. The fourth-order valence-corrected chi connectivity index (χ4v) is 1.24. The summed E-state index contributed by atoms with van der Waals surface area (Å²) in [6.45, 7) is 6.02. The minimum atomic E-state index is -2.66. The fraction of sp³-hybridized carbons (Fsp3) is 0.818. The van der Waals surface area contributed by atoms with Crippen molar-refractivity contribution in [2.24, 2.45) is 0 Å². The lowest BCUT2D eigenvalue weighted by Gasteiger charge is -2.35. The minimum absolute atomic E-state index is 0.167. The summed E-state index contributed by atoms with van der Waals surface area (Å²) in [5.41, 5.74) is -5.32. The monoisotopic (exact) mass is 266 g/mol. The van der Waals surface area contributed by atoms with E-state index < -0.39 is 23.1 Å². The maximum Gasteiger partial charge on any atom is 0.339 e. The van der Waals surface area contributed by atoms with Crippen LogP contribution < -0.4 is 0 Å². The summed E-state index contributed by atoms with van der Waals surface area (Å²) in [7, 11) is 0. The van der Waals surface area contributed by atoms with Crippen molar-refractivity contribution in [2.45, 2.75) is 57.8 Å². The Morgan fingerprint density at radius 2 is 1.11 bits per heavy atom. The molecule has 0 fully saturated rings. The highest BCUT2D eigenvalue weighted by atomic mass is 16.5. The molecule has 0 aromatic carbocycles. The largest absolute Gasteiger partial charge is 0.479 e. The maximum absolute atomic E-state index is 10.7. The molecule has 0 radical (unpaired) electrons. The molecule has 0 rings (SSSR count). The summed E-state index contributed by atoms with van der Waals surface area (Å²) >= 11 is 0. The van der Waals surface area contributed by atoms with Crippen LogP contribution in [0.15, 0.2) is 0 Å². The molecule has 2 atom stereocenters. The molecular weight excluding hydrogens is 244 g/mol. The third-order valence-electron chi connectivity index (χ3n) is 2.42. The Morgan fingerprint density at radius 3 is 1.17 bits per heavy atom. The summed E-state index contributed by atoms with van der Waals surface area (Å²) in [5, 5.41) is 44.5. The van der Waals surface area contributed by atoms with Gasteiger partial charge in [0.05, 0.1) is 0 Å². The summed E-state index contributed by atoms with van der Waals surface area (Å²) in [6, 6.07) is 0. The zero-order chi connectivity index (χ0) is 15.1. The SMILES string of the molecule is CC(C)O.CCC(O)(C(=O)O)C(O)(CC)C(=O)O. The first-order chi connectivity index (χ1) is 7.99. The molecule has 0 bridgehead atoms. The van der Waals surface area contributed by atoms with Gasteiger partial charge in [-0.05, 0) is 26.7 Å². The van der Waals surface area contributed by atoms with E-state index >= 15 is 0 Å². The number of aliphatic hydroxyl groups excluding tert-OH is 1. The third-order valence-corrected chi connectivity index (χ3v) is 2.42. The molecule has 0 saturated carbocycles. The molecule has 0 saturated heterocycles. The molecule has 108 valence electrons.